The molecular formula is C15H18N2O2S. The Morgan fingerprint density at radius 3 is 2.95 bits per heavy atom. The molecule has 2 aromatic rings. The van der Waals surface area contributed by atoms with Crippen LogP contribution in [0.3, 0.4) is 0 Å². The fourth-order valence-electron chi connectivity index (χ4n) is 3.09. The molecule has 0 amide bonds. The van der Waals surface area contributed by atoms with E-state index in [1.54, 1.807) is 18.2 Å². The van der Waals surface area contributed by atoms with Gasteiger partial charge in [-0.3, -0.25) is 0 Å². The van der Waals surface area contributed by atoms with Gasteiger partial charge in [-0.25, -0.2) is 9.78 Å². The van der Waals surface area contributed by atoms with Crippen LogP contribution in [0.5, 0.6) is 0 Å². The summed E-state index contributed by atoms with van der Waals surface area (Å²) >= 11 is 1.91. The lowest BCUT2D eigenvalue weighted by atomic mass is 9.94. The molecule has 1 fully saturated rings. The molecule has 5 heteroatoms. The molecule has 106 valence electrons. The topological polar surface area (TPSA) is 55.1 Å². The summed E-state index contributed by atoms with van der Waals surface area (Å²) in [4.78, 5) is 15.6. The van der Waals surface area contributed by atoms with Gasteiger partial charge in [-0.15, -0.1) is 0 Å². The highest BCUT2D eigenvalue weighted by atomic mass is 32.2. The van der Waals surface area contributed by atoms with E-state index in [-0.39, 0.29) is 0 Å². The highest BCUT2D eigenvalue weighted by molar-refractivity contribution is 7.99. The number of nitrogens with zero attached hydrogens (tertiary/aromatic N) is 2. The van der Waals surface area contributed by atoms with Crippen LogP contribution in [0.15, 0.2) is 24.5 Å². The number of hydrogen-bond acceptors (Lipinski definition) is 3. The van der Waals surface area contributed by atoms with E-state index in [0.717, 1.165) is 17.5 Å². The van der Waals surface area contributed by atoms with Gasteiger partial charge in [-0.05, 0) is 37.3 Å². The monoisotopic (exact) mass is 290 g/mol. The summed E-state index contributed by atoms with van der Waals surface area (Å²) in [5.74, 6) is -0.885. The molecule has 1 aromatic carbocycles. The zero-order chi connectivity index (χ0) is 14.1. The van der Waals surface area contributed by atoms with Gasteiger partial charge in [0.05, 0.1) is 22.9 Å². The highest BCUT2D eigenvalue weighted by Crippen LogP contribution is 2.37. The number of carbonyl (C=O) groups is 1. The van der Waals surface area contributed by atoms with Crippen LogP contribution in [0.4, 0.5) is 0 Å². The fraction of sp³-hybridized carbons (Fsp3) is 0.467. The molecule has 4 nitrogen and oxygen atoms in total. The van der Waals surface area contributed by atoms with E-state index < -0.39 is 5.97 Å². The molecule has 2 atom stereocenters. The number of fused-ring (bicyclic) bond motifs is 1. The minimum Gasteiger partial charge on any atom is -0.478 e. The van der Waals surface area contributed by atoms with Crippen LogP contribution < -0.4 is 0 Å². The third kappa shape index (κ3) is 2.30. The molecule has 1 aromatic heterocycles. The third-order valence-corrected chi connectivity index (χ3v) is 5.30. The molecule has 0 radical (unpaired) electrons. The molecule has 20 heavy (non-hydrogen) atoms. The first-order valence-corrected chi connectivity index (χ1v) is 8.22. The molecule has 0 spiro atoms. The Bertz CT molecular complexity index is 638. The third-order valence-electron chi connectivity index (χ3n) is 4.15. The van der Waals surface area contributed by atoms with Crippen molar-refractivity contribution in [2.24, 2.45) is 0 Å². The molecule has 3 rings (SSSR count). The number of rotatable bonds is 3. The minimum absolute atomic E-state index is 0.329. The van der Waals surface area contributed by atoms with Crippen LogP contribution in [0.25, 0.3) is 11.0 Å². The van der Waals surface area contributed by atoms with Crippen molar-refractivity contribution in [1.82, 2.24) is 9.55 Å². The van der Waals surface area contributed by atoms with Gasteiger partial charge in [-0.2, -0.15) is 11.8 Å². The lowest BCUT2D eigenvalue weighted by Crippen LogP contribution is -2.24. The van der Waals surface area contributed by atoms with E-state index in [4.69, 9.17) is 5.11 Å². The smallest absolute Gasteiger partial charge is 0.335 e. The SMILES string of the molecule is CSC1CCCCC1n1cnc2ccc(C(=O)O)cc21. The summed E-state index contributed by atoms with van der Waals surface area (Å²) in [7, 11) is 0. The number of hydrogen-bond donors (Lipinski definition) is 1. The largest absolute Gasteiger partial charge is 0.478 e. The second kappa shape index (κ2) is 5.48. The van der Waals surface area contributed by atoms with Crippen LogP contribution >= 0.6 is 11.8 Å². The van der Waals surface area contributed by atoms with E-state index in [2.05, 4.69) is 15.8 Å². The van der Waals surface area contributed by atoms with Crippen LogP contribution in [0, 0.1) is 0 Å². The normalized spacial score (nSPS) is 23.1. The molecule has 1 saturated carbocycles. The molecule has 0 aliphatic heterocycles. The van der Waals surface area contributed by atoms with Crippen molar-refractivity contribution in [3.8, 4) is 0 Å². The molecule has 2 unspecified atom stereocenters. The van der Waals surface area contributed by atoms with Crippen LogP contribution in [-0.2, 0) is 0 Å². The summed E-state index contributed by atoms with van der Waals surface area (Å²) in [6, 6.07) is 5.59. The van der Waals surface area contributed by atoms with E-state index in [1.807, 2.05) is 18.1 Å². The first kappa shape index (κ1) is 13.5. The molecule has 1 aliphatic carbocycles. The first-order chi connectivity index (χ1) is 9.70. The summed E-state index contributed by atoms with van der Waals surface area (Å²) in [5, 5.41) is 9.74. The van der Waals surface area contributed by atoms with Gasteiger partial charge in [0.2, 0.25) is 0 Å². The maximum atomic E-state index is 11.1. The van der Waals surface area contributed by atoms with E-state index in [9.17, 15) is 4.79 Å². The maximum absolute atomic E-state index is 11.1. The molecular weight excluding hydrogens is 272 g/mol. The lowest BCUT2D eigenvalue weighted by molar-refractivity contribution is 0.0697. The van der Waals surface area contributed by atoms with Gasteiger partial charge in [-0.1, -0.05) is 12.8 Å². The number of aromatic nitrogens is 2. The van der Waals surface area contributed by atoms with Gasteiger partial charge < -0.3 is 9.67 Å². The van der Waals surface area contributed by atoms with E-state index in [1.165, 1.54) is 19.3 Å². The minimum atomic E-state index is -0.885. The summed E-state index contributed by atoms with van der Waals surface area (Å²) in [5.41, 5.74) is 2.15. The average molecular weight is 290 g/mol. The number of thioether (sulfide) groups is 1. The Balaban J connectivity index is 2.06. The Labute approximate surface area is 122 Å². The Kier molecular flexibility index (Phi) is 3.70. The summed E-state index contributed by atoms with van der Waals surface area (Å²) in [6.07, 6.45) is 8.92. The first-order valence-electron chi connectivity index (χ1n) is 6.93. The number of aromatic carboxylic acids is 1. The molecule has 0 saturated heterocycles. The molecule has 1 aliphatic rings. The maximum Gasteiger partial charge on any atom is 0.335 e. The van der Waals surface area contributed by atoms with Crippen molar-refractivity contribution in [1.29, 1.82) is 0 Å². The van der Waals surface area contributed by atoms with Crippen molar-refractivity contribution in [2.45, 2.75) is 37.0 Å². The van der Waals surface area contributed by atoms with Crippen LogP contribution in [0.1, 0.15) is 42.1 Å². The Morgan fingerprint density at radius 1 is 1.40 bits per heavy atom. The summed E-state index contributed by atoms with van der Waals surface area (Å²) < 4.78 is 2.18. The van der Waals surface area contributed by atoms with Gasteiger partial charge >= 0.3 is 5.97 Å². The zero-order valence-corrected chi connectivity index (χ0v) is 12.3. The predicted octanol–water partition coefficient (Wildman–Crippen LogP) is 3.58. The second-order valence-corrected chi connectivity index (χ2v) is 6.36. The van der Waals surface area contributed by atoms with Crippen LogP contribution in [0.2, 0.25) is 0 Å². The van der Waals surface area contributed by atoms with Gasteiger partial charge in [0.1, 0.15) is 0 Å². The van der Waals surface area contributed by atoms with Crippen molar-refractivity contribution >= 4 is 28.8 Å². The van der Waals surface area contributed by atoms with Crippen molar-refractivity contribution in [3.05, 3.63) is 30.1 Å². The van der Waals surface area contributed by atoms with Crippen molar-refractivity contribution in [2.75, 3.05) is 6.26 Å². The average Bonchev–Trinajstić information content (AvgIpc) is 2.89. The predicted molar refractivity (Wildman–Crippen MR) is 81.5 cm³/mol. The molecule has 1 heterocycles. The van der Waals surface area contributed by atoms with Gasteiger partial charge in [0.25, 0.3) is 0 Å². The lowest BCUT2D eigenvalue weighted by Gasteiger charge is -2.31. The Morgan fingerprint density at radius 2 is 2.20 bits per heavy atom. The van der Waals surface area contributed by atoms with Gasteiger partial charge in [0, 0.05) is 11.3 Å². The van der Waals surface area contributed by atoms with Crippen molar-refractivity contribution < 1.29 is 9.90 Å². The molecule has 1 N–H and O–H groups in total. The van der Waals surface area contributed by atoms with E-state index >= 15 is 0 Å². The molecule has 0 bridgehead atoms. The van der Waals surface area contributed by atoms with E-state index in [0.29, 0.717) is 16.9 Å². The number of carboxylic acid groups (broad SMARTS) is 1. The van der Waals surface area contributed by atoms with Crippen LogP contribution in [-0.4, -0.2) is 32.1 Å². The fourth-order valence-corrected chi connectivity index (χ4v) is 4.08. The van der Waals surface area contributed by atoms with Crippen molar-refractivity contribution in [3.63, 3.8) is 0 Å². The number of carboxylic acids is 1. The van der Waals surface area contributed by atoms with Gasteiger partial charge in [0.15, 0.2) is 0 Å². The second-order valence-electron chi connectivity index (χ2n) is 5.29. The summed E-state index contributed by atoms with van der Waals surface area (Å²) in [6.45, 7) is 0. The quantitative estimate of drug-likeness (QED) is 0.938. The number of benzene rings is 1. The zero-order valence-electron chi connectivity index (χ0n) is 11.5. The Hall–Kier alpha value is -1.49. The standard InChI is InChI=1S/C15H18N2O2S/c1-20-14-5-3-2-4-12(14)17-9-16-11-7-6-10(15(18)19)8-13(11)17/h6-9,12,14H,2-5H2,1H3,(H,18,19). The highest BCUT2D eigenvalue weighted by Gasteiger charge is 2.27. The number of imidazole rings is 1.